The molecule has 0 spiro atoms. The Morgan fingerprint density at radius 1 is 0.590 bits per heavy atom. The Labute approximate surface area is 216 Å². The summed E-state index contributed by atoms with van der Waals surface area (Å²) in [6.07, 6.45) is 0. The van der Waals surface area contributed by atoms with Crippen LogP contribution in [0.4, 0.5) is 70.2 Å². The second-order valence-electron chi connectivity index (χ2n) is 7.83. The summed E-state index contributed by atoms with van der Waals surface area (Å²) in [5, 5.41) is -11.4. The molecule has 1 fully saturated rings. The Morgan fingerprint density at radius 2 is 0.949 bits per heavy atom. The van der Waals surface area contributed by atoms with Crippen LogP contribution in [0.25, 0.3) is 0 Å². The van der Waals surface area contributed by atoms with Crippen molar-refractivity contribution in [3.8, 4) is 0 Å². The molecule has 1 aliphatic heterocycles. The van der Waals surface area contributed by atoms with E-state index in [4.69, 9.17) is 0 Å². The van der Waals surface area contributed by atoms with Gasteiger partial charge in [0, 0.05) is 39.3 Å². The molecular weight excluding hydrogens is 641 g/mol. The third-order valence-corrected chi connectivity index (χ3v) is 5.69. The number of carbonyl (C=O) groups excluding carboxylic acids is 2. The first-order valence-electron chi connectivity index (χ1n) is 9.72. The largest absolute Gasteiger partial charge is 0.393 e. The van der Waals surface area contributed by atoms with Crippen LogP contribution < -0.4 is 5.32 Å². The lowest BCUT2D eigenvalue weighted by Gasteiger charge is -2.39. The maximum Gasteiger partial charge on any atom is 0.393 e. The van der Waals surface area contributed by atoms with Crippen molar-refractivity contribution in [2.75, 3.05) is 39.3 Å². The first-order valence-corrected chi connectivity index (χ1v) is 10.5. The van der Waals surface area contributed by atoms with Gasteiger partial charge in [-0.25, -0.2) is 0 Å². The first-order chi connectivity index (χ1) is 17.0. The summed E-state index contributed by atoms with van der Waals surface area (Å²) in [4.78, 5) is 23.8. The Kier molecular flexibility index (Phi) is 9.66. The lowest BCUT2D eigenvalue weighted by atomic mass is 10.0. The standard InChI is InChI=1S/C16H13Cl2F16N3O2/c17-15(31,32)13(27,28)11(23,24)9(19,20)7(38)35-1-2-36-3-5-37(6-4-36)8(39)10(21,22)12(25,26)14(29,30)16(18,33)34/h1-6H2,(H,35,38). The average molecular weight is 654 g/mol. The highest BCUT2D eigenvalue weighted by atomic mass is 35.5. The summed E-state index contributed by atoms with van der Waals surface area (Å²) in [6, 6.07) is 0. The van der Waals surface area contributed by atoms with Crippen LogP contribution in [0.15, 0.2) is 0 Å². The van der Waals surface area contributed by atoms with E-state index in [1.54, 1.807) is 0 Å². The van der Waals surface area contributed by atoms with Crippen molar-refractivity contribution >= 4 is 35.0 Å². The number of amides is 2. The summed E-state index contributed by atoms with van der Waals surface area (Å²) >= 11 is 7.50. The summed E-state index contributed by atoms with van der Waals surface area (Å²) in [6.45, 7) is -5.19. The lowest BCUT2D eigenvalue weighted by molar-refractivity contribution is -0.339. The van der Waals surface area contributed by atoms with E-state index in [9.17, 15) is 79.8 Å². The van der Waals surface area contributed by atoms with E-state index >= 15 is 0 Å². The number of hydrogen-bond donors (Lipinski definition) is 1. The molecule has 0 saturated carbocycles. The molecule has 0 aromatic heterocycles. The van der Waals surface area contributed by atoms with Crippen molar-refractivity contribution < 1.29 is 79.8 Å². The number of hydrogen-bond acceptors (Lipinski definition) is 3. The fourth-order valence-corrected chi connectivity index (χ4v) is 3.08. The van der Waals surface area contributed by atoms with Crippen LogP contribution in [0.5, 0.6) is 0 Å². The maximum absolute atomic E-state index is 13.8. The van der Waals surface area contributed by atoms with Crippen molar-refractivity contribution in [3.05, 3.63) is 0 Å². The molecule has 23 heteroatoms. The van der Waals surface area contributed by atoms with Gasteiger partial charge >= 0.3 is 46.3 Å². The maximum atomic E-state index is 13.8. The van der Waals surface area contributed by atoms with Crippen molar-refractivity contribution in [2.24, 2.45) is 0 Å². The zero-order valence-corrected chi connectivity index (χ0v) is 19.8. The first kappa shape index (κ1) is 35.4. The second-order valence-corrected chi connectivity index (χ2v) is 8.78. The van der Waals surface area contributed by atoms with Gasteiger partial charge in [0.2, 0.25) is 0 Å². The summed E-state index contributed by atoms with van der Waals surface area (Å²) in [5.74, 6) is -46.8. The lowest BCUT2D eigenvalue weighted by Crippen LogP contribution is -2.66. The van der Waals surface area contributed by atoms with Crippen molar-refractivity contribution in [2.45, 2.75) is 46.3 Å². The summed E-state index contributed by atoms with van der Waals surface area (Å²) in [5.41, 5.74) is 0. The van der Waals surface area contributed by atoms with Crippen LogP contribution in [0, 0.1) is 0 Å². The van der Waals surface area contributed by atoms with Gasteiger partial charge in [0.25, 0.3) is 11.8 Å². The second kappa shape index (κ2) is 10.6. The van der Waals surface area contributed by atoms with Crippen LogP contribution >= 0.6 is 23.2 Å². The summed E-state index contributed by atoms with van der Waals surface area (Å²) in [7, 11) is 0. The topological polar surface area (TPSA) is 52.7 Å². The van der Waals surface area contributed by atoms with Gasteiger partial charge in [0.05, 0.1) is 0 Å². The molecule has 1 rings (SSSR count). The fraction of sp³-hybridized carbons (Fsp3) is 0.875. The van der Waals surface area contributed by atoms with Gasteiger partial charge < -0.3 is 10.2 Å². The van der Waals surface area contributed by atoms with Gasteiger partial charge in [0.15, 0.2) is 0 Å². The molecule has 0 aliphatic carbocycles. The third-order valence-electron chi connectivity index (χ3n) is 5.22. The monoisotopic (exact) mass is 653 g/mol. The van der Waals surface area contributed by atoms with E-state index in [2.05, 4.69) is 23.2 Å². The van der Waals surface area contributed by atoms with E-state index in [1.807, 2.05) is 0 Å². The van der Waals surface area contributed by atoms with Crippen LogP contribution in [0.2, 0.25) is 0 Å². The van der Waals surface area contributed by atoms with Gasteiger partial charge in [0.1, 0.15) is 0 Å². The molecule has 0 aromatic carbocycles. The zero-order valence-electron chi connectivity index (χ0n) is 18.3. The Hall–Kier alpha value is -1.64. The molecule has 0 atom stereocenters. The Morgan fingerprint density at radius 3 is 1.31 bits per heavy atom. The van der Waals surface area contributed by atoms with Crippen LogP contribution in [0.3, 0.4) is 0 Å². The number of nitrogens with zero attached hydrogens (tertiary/aromatic N) is 2. The van der Waals surface area contributed by atoms with Crippen LogP contribution in [0.1, 0.15) is 0 Å². The van der Waals surface area contributed by atoms with Gasteiger partial charge in [-0.05, 0) is 23.2 Å². The van der Waals surface area contributed by atoms with Crippen molar-refractivity contribution in [3.63, 3.8) is 0 Å². The molecule has 1 saturated heterocycles. The summed E-state index contributed by atoms with van der Waals surface area (Å²) < 4.78 is 211. The molecule has 0 unspecified atom stereocenters. The molecule has 5 nitrogen and oxygen atoms in total. The molecule has 1 N–H and O–H groups in total. The third kappa shape index (κ3) is 6.03. The minimum Gasteiger partial charge on any atom is -0.349 e. The van der Waals surface area contributed by atoms with E-state index < -0.39 is 97.4 Å². The van der Waals surface area contributed by atoms with Gasteiger partial charge in [-0.15, -0.1) is 0 Å². The van der Waals surface area contributed by atoms with Crippen molar-refractivity contribution in [1.82, 2.24) is 15.1 Å². The molecule has 1 heterocycles. The minimum atomic E-state index is -7.00. The molecule has 0 bridgehead atoms. The highest BCUT2D eigenvalue weighted by Crippen LogP contribution is 2.55. The highest BCUT2D eigenvalue weighted by molar-refractivity contribution is 6.22. The van der Waals surface area contributed by atoms with Crippen LogP contribution in [-0.4, -0.2) is 107 Å². The molecule has 39 heavy (non-hydrogen) atoms. The SMILES string of the molecule is O=C(NCCN1CCN(C(=O)C(F)(F)C(F)(F)C(F)(F)C(F)(F)Cl)CC1)C(F)(F)C(F)(F)C(F)(F)C(F)(F)Cl. The average Bonchev–Trinajstić information content (AvgIpc) is 2.76. The van der Waals surface area contributed by atoms with E-state index in [0.29, 0.717) is 0 Å². The zero-order chi connectivity index (χ0) is 31.3. The normalized spacial score (nSPS) is 17.8. The minimum absolute atomic E-state index is 0.172. The predicted molar refractivity (Wildman–Crippen MR) is 97.3 cm³/mol. The van der Waals surface area contributed by atoms with Crippen molar-refractivity contribution in [1.29, 1.82) is 0 Å². The van der Waals surface area contributed by atoms with E-state index in [-0.39, 0.29) is 4.90 Å². The number of carbonyl (C=O) groups is 2. The van der Waals surface area contributed by atoms with E-state index in [0.717, 1.165) is 10.2 Å². The molecule has 0 radical (unpaired) electrons. The van der Waals surface area contributed by atoms with Gasteiger partial charge in [-0.2, -0.15) is 70.2 Å². The number of alkyl halides is 18. The van der Waals surface area contributed by atoms with Crippen LogP contribution in [-0.2, 0) is 9.59 Å². The number of piperazine rings is 1. The van der Waals surface area contributed by atoms with Gasteiger partial charge in [-0.3, -0.25) is 14.5 Å². The number of rotatable bonds is 11. The molecule has 1 aliphatic rings. The Balaban J connectivity index is 2.79. The number of halogens is 18. The number of nitrogens with one attached hydrogen (secondary N) is 1. The highest BCUT2D eigenvalue weighted by Gasteiger charge is 2.84. The molecular formula is C16H13Cl2F16N3O2. The molecule has 0 aromatic rings. The van der Waals surface area contributed by atoms with Gasteiger partial charge in [-0.1, -0.05) is 0 Å². The Bertz CT molecular complexity index is 911. The fourth-order valence-electron chi connectivity index (χ4n) is 2.84. The predicted octanol–water partition coefficient (Wildman–Crippen LogP) is 4.72. The van der Waals surface area contributed by atoms with E-state index in [1.165, 1.54) is 0 Å². The smallest absolute Gasteiger partial charge is 0.349 e. The molecule has 230 valence electrons. The quantitative estimate of drug-likeness (QED) is 0.260. The molecule has 2 amide bonds.